The lowest BCUT2D eigenvalue weighted by Gasteiger charge is -2.42. The van der Waals surface area contributed by atoms with Crippen molar-refractivity contribution < 1.29 is 9.84 Å². The van der Waals surface area contributed by atoms with E-state index in [1.807, 2.05) is 24.3 Å². The number of ether oxygens (including phenoxy) is 1. The molecule has 124 valence electrons. The van der Waals surface area contributed by atoms with Gasteiger partial charge in [-0.05, 0) is 54.6 Å². The molecule has 1 aromatic carbocycles. The molecule has 1 aliphatic heterocycles. The molecule has 0 spiro atoms. The van der Waals surface area contributed by atoms with E-state index >= 15 is 0 Å². The van der Waals surface area contributed by atoms with E-state index < -0.39 is 0 Å². The summed E-state index contributed by atoms with van der Waals surface area (Å²) in [4.78, 5) is 6.62. The summed E-state index contributed by atoms with van der Waals surface area (Å²) in [5, 5.41) is 10.2. The van der Waals surface area contributed by atoms with Gasteiger partial charge in [0.1, 0.15) is 12.4 Å². The van der Waals surface area contributed by atoms with Gasteiger partial charge < -0.3 is 9.84 Å². The number of pyridine rings is 1. The summed E-state index contributed by atoms with van der Waals surface area (Å²) in [6, 6.07) is 12.1. The Morgan fingerprint density at radius 1 is 1.21 bits per heavy atom. The number of hydrogen-bond donors (Lipinski definition) is 1. The van der Waals surface area contributed by atoms with Crippen molar-refractivity contribution in [3.63, 3.8) is 0 Å². The highest BCUT2D eigenvalue weighted by Gasteiger charge is 2.34. The molecule has 0 amide bonds. The highest BCUT2D eigenvalue weighted by molar-refractivity contribution is 5.43. The van der Waals surface area contributed by atoms with Gasteiger partial charge in [-0.3, -0.25) is 4.90 Å². The van der Waals surface area contributed by atoms with Gasteiger partial charge in [0.05, 0.1) is 0 Å². The van der Waals surface area contributed by atoms with E-state index in [0.717, 1.165) is 24.9 Å². The number of nitrogens with zero attached hydrogens (tertiary/aromatic N) is 2. The topological polar surface area (TPSA) is 45.6 Å². The maximum atomic E-state index is 10.2. The second kappa shape index (κ2) is 6.29. The highest BCUT2D eigenvalue weighted by Crippen LogP contribution is 2.36. The number of benzene rings is 1. The number of phenols is 1. The van der Waals surface area contributed by atoms with Crippen LogP contribution < -0.4 is 4.74 Å². The molecule has 2 aromatic rings. The summed E-state index contributed by atoms with van der Waals surface area (Å²) in [5.41, 5.74) is 3.67. The standard InChI is InChI=1S/C20H22N2O2/c1-22-12-14(13-24-20-7-2-3-8-21-20)9-16-10-17-15(11-18(16)22)5-4-6-19(17)23/h2-9,16,18,23H,10-13H2,1H3/t16-,18-/m1/s1. The van der Waals surface area contributed by atoms with Crippen molar-refractivity contribution in [1.82, 2.24) is 9.88 Å². The third-order valence-electron chi connectivity index (χ3n) is 5.12. The van der Waals surface area contributed by atoms with E-state index in [4.69, 9.17) is 4.74 Å². The molecule has 24 heavy (non-hydrogen) atoms. The van der Waals surface area contributed by atoms with Crippen molar-refractivity contribution in [1.29, 1.82) is 0 Å². The van der Waals surface area contributed by atoms with Gasteiger partial charge in [-0.2, -0.15) is 0 Å². The number of fused-ring (bicyclic) bond motifs is 2. The van der Waals surface area contributed by atoms with Gasteiger partial charge in [0.25, 0.3) is 0 Å². The van der Waals surface area contributed by atoms with Crippen LogP contribution in [-0.2, 0) is 12.8 Å². The molecule has 2 atom stereocenters. The summed E-state index contributed by atoms with van der Waals surface area (Å²) >= 11 is 0. The molecule has 4 rings (SSSR count). The lowest BCUT2D eigenvalue weighted by molar-refractivity contribution is 0.174. The molecule has 4 nitrogen and oxygen atoms in total. The fraction of sp³-hybridized carbons (Fsp3) is 0.350. The van der Waals surface area contributed by atoms with Crippen LogP contribution in [-0.4, -0.2) is 41.2 Å². The Kier molecular flexibility index (Phi) is 3.98. The Morgan fingerprint density at radius 2 is 2.12 bits per heavy atom. The van der Waals surface area contributed by atoms with E-state index in [1.54, 1.807) is 12.3 Å². The monoisotopic (exact) mass is 322 g/mol. The molecule has 0 bridgehead atoms. The fourth-order valence-electron chi connectivity index (χ4n) is 3.94. The van der Waals surface area contributed by atoms with Gasteiger partial charge in [-0.25, -0.2) is 4.98 Å². The predicted octanol–water partition coefficient (Wildman–Crippen LogP) is 2.82. The third-order valence-corrected chi connectivity index (χ3v) is 5.12. The largest absolute Gasteiger partial charge is 0.508 e. The zero-order valence-electron chi connectivity index (χ0n) is 13.9. The van der Waals surface area contributed by atoms with Crippen molar-refractivity contribution in [2.75, 3.05) is 20.2 Å². The molecule has 0 radical (unpaired) electrons. The number of aromatic nitrogens is 1. The average Bonchev–Trinajstić information content (AvgIpc) is 2.60. The summed E-state index contributed by atoms with van der Waals surface area (Å²) in [7, 11) is 2.18. The molecule has 0 fully saturated rings. The predicted molar refractivity (Wildman–Crippen MR) is 93.2 cm³/mol. The van der Waals surface area contributed by atoms with E-state index in [-0.39, 0.29) is 0 Å². The number of aromatic hydroxyl groups is 1. The molecule has 0 unspecified atom stereocenters. The highest BCUT2D eigenvalue weighted by atomic mass is 16.5. The number of rotatable bonds is 3. The first-order chi connectivity index (χ1) is 11.7. The zero-order valence-corrected chi connectivity index (χ0v) is 13.9. The van der Waals surface area contributed by atoms with Crippen molar-refractivity contribution in [2.24, 2.45) is 5.92 Å². The smallest absolute Gasteiger partial charge is 0.213 e. The van der Waals surface area contributed by atoms with Gasteiger partial charge >= 0.3 is 0 Å². The quantitative estimate of drug-likeness (QED) is 0.883. The first-order valence-electron chi connectivity index (χ1n) is 8.44. The van der Waals surface area contributed by atoms with Crippen LogP contribution in [0.15, 0.2) is 54.2 Å². The molecular weight excluding hydrogens is 300 g/mol. The Bertz CT molecular complexity index is 757. The minimum absolute atomic E-state index is 0.423. The molecule has 0 saturated heterocycles. The maximum Gasteiger partial charge on any atom is 0.213 e. The lowest BCUT2D eigenvalue weighted by atomic mass is 9.76. The number of hydrogen-bond acceptors (Lipinski definition) is 4. The zero-order chi connectivity index (χ0) is 16.5. The SMILES string of the molecule is CN1CC(COc2ccccn2)=C[C@@H]2Cc3c(O)cccc3C[C@H]21. The Hall–Kier alpha value is -2.33. The van der Waals surface area contributed by atoms with Crippen molar-refractivity contribution in [3.05, 3.63) is 65.4 Å². The van der Waals surface area contributed by atoms with Crippen LogP contribution in [0.5, 0.6) is 11.6 Å². The maximum absolute atomic E-state index is 10.2. The van der Waals surface area contributed by atoms with Crippen molar-refractivity contribution in [3.8, 4) is 11.6 Å². The second-order valence-electron chi connectivity index (χ2n) is 6.75. The molecule has 4 heteroatoms. The first kappa shape index (κ1) is 15.2. The van der Waals surface area contributed by atoms with Gasteiger partial charge in [0.15, 0.2) is 0 Å². The molecule has 2 heterocycles. The van der Waals surface area contributed by atoms with Gasteiger partial charge in [0.2, 0.25) is 5.88 Å². The molecule has 1 aromatic heterocycles. The summed E-state index contributed by atoms with van der Waals surface area (Å²) < 4.78 is 5.81. The average molecular weight is 322 g/mol. The van der Waals surface area contributed by atoms with Crippen LogP contribution in [0.3, 0.4) is 0 Å². The van der Waals surface area contributed by atoms with E-state index in [0.29, 0.717) is 30.2 Å². The fourth-order valence-corrected chi connectivity index (χ4v) is 3.94. The second-order valence-corrected chi connectivity index (χ2v) is 6.75. The van der Waals surface area contributed by atoms with Crippen molar-refractivity contribution >= 4 is 0 Å². The lowest BCUT2D eigenvalue weighted by Crippen LogP contribution is -2.46. The van der Waals surface area contributed by atoms with Crippen LogP contribution >= 0.6 is 0 Å². The summed E-state index contributed by atoms with van der Waals surface area (Å²) in [6.45, 7) is 1.49. The van der Waals surface area contributed by atoms with Gasteiger partial charge in [0, 0.05) is 24.8 Å². The van der Waals surface area contributed by atoms with Crippen LogP contribution in [0.2, 0.25) is 0 Å². The molecular formula is C20H22N2O2. The first-order valence-corrected chi connectivity index (χ1v) is 8.44. The molecule has 2 aliphatic rings. The van der Waals surface area contributed by atoms with E-state index in [2.05, 4.69) is 29.1 Å². The molecule has 1 aliphatic carbocycles. The van der Waals surface area contributed by atoms with Crippen molar-refractivity contribution in [2.45, 2.75) is 18.9 Å². The Balaban J connectivity index is 1.52. The third kappa shape index (κ3) is 2.89. The molecule has 1 N–H and O–H groups in total. The number of likely N-dealkylation sites (N-methyl/N-ethyl adjacent to an activating group) is 1. The number of phenolic OH excluding ortho intramolecular Hbond substituents is 1. The summed E-state index contributed by atoms with van der Waals surface area (Å²) in [6.07, 6.45) is 5.98. The summed E-state index contributed by atoms with van der Waals surface area (Å²) in [5.74, 6) is 1.51. The van der Waals surface area contributed by atoms with E-state index in [9.17, 15) is 5.11 Å². The normalized spacial score (nSPS) is 23.1. The minimum Gasteiger partial charge on any atom is -0.508 e. The van der Waals surface area contributed by atoms with Gasteiger partial charge in [-0.1, -0.05) is 24.3 Å². The Morgan fingerprint density at radius 3 is 2.96 bits per heavy atom. The van der Waals surface area contributed by atoms with Crippen LogP contribution in [0, 0.1) is 5.92 Å². The minimum atomic E-state index is 0.423. The van der Waals surface area contributed by atoms with Crippen LogP contribution in [0.25, 0.3) is 0 Å². The molecule has 0 saturated carbocycles. The van der Waals surface area contributed by atoms with E-state index in [1.165, 1.54) is 11.1 Å². The van der Waals surface area contributed by atoms with Crippen LogP contribution in [0.4, 0.5) is 0 Å². The van der Waals surface area contributed by atoms with Gasteiger partial charge in [-0.15, -0.1) is 0 Å². The Labute approximate surface area is 142 Å². The van der Waals surface area contributed by atoms with Crippen LogP contribution in [0.1, 0.15) is 11.1 Å².